The topological polar surface area (TPSA) is 44.5 Å². The van der Waals surface area contributed by atoms with Crippen molar-refractivity contribution in [2.75, 3.05) is 13.7 Å². The summed E-state index contributed by atoms with van der Waals surface area (Å²) in [6.07, 6.45) is 0. The fraction of sp³-hybridized carbons (Fsp3) is 0.455. The third-order valence-corrected chi connectivity index (χ3v) is 2.64. The van der Waals surface area contributed by atoms with Crippen molar-refractivity contribution in [2.24, 2.45) is 5.73 Å². The Labute approximate surface area is 98.7 Å². The zero-order valence-electron chi connectivity index (χ0n) is 9.21. The number of hydrogen-bond acceptors (Lipinski definition) is 3. The molecule has 1 aromatic rings. The van der Waals surface area contributed by atoms with Crippen LogP contribution in [0.3, 0.4) is 0 Å². The summed E-state index contributed by atoms with van der Waals surface area (Å²) >= 11 is 3.42. The lowest BCUT2D eigenvalue weighted by Gasteiger charge is -2.25. The maximum absolute atomic E-state index is 5.75. The van der Waals surface area contributed by atoms with Crippen LogP contribution in [0.1, 0.15) is 13.8 Å². The van der Waals surface area contributed by atoms with Crippen LogP contribution < -0.4 is 15.2 Å². The second-order valence-corrected chi connectivity index (χ2v) is 4.72. The fourth-order valence-electron chi connectivity index (χ4n) is 1.03. The minimum Gasteiger partial charge on any atom is -0.497 e. The predicted octanol–water partition coefficient (Wildman–Crippen LogP) is 2.57. The smallest absolute Gasteiger partial charge is 0.134 e. The van der Waals surface area contributed by atoms with Crippen LogP contribution >= 0.6 is 15.9 Å². The first-order valence-corrected chi connectivity index (χ1v) is 5.50. The first kappa shape index (κ1) is 12.3. The fourth-order valence-corrected chi connectivity index (χ4v) is 1.47. The van der Waals surface area contributed by atoms with Crippen LogP contribution in [-0.2, 0) is 0 Å². The third kappa shape index (κ3) is 3.39. The van der Waals surface area contributed by atoms with Crippen LogP contribution in [0.2, 0.25) is 0 Å². The molecule has 0 saturated carbocycles. The van der Waals surface area contributed by atoms with Crippen LogP contribution in [-0.4, -0.2) is 19.3 Å². The highest BCUT2D eigenvalue weighted by Gasteiger charge is 2.18. The summed E-state index contributed by atoms with van der Waals surface area (Å²) in [4.78, 5) is 0. The summed E-state index contributed by atoms with van der Waals surface area (Å²) in [7, 11) is 1.63. The van der Waals surface area contributed by atoms with Gasteiger partial charge in [0.2, 0.25) is 0 Å². The Bertz CT molecular complexity index is 339. The molecule has 15 heavy (non-hydrogen) atoms. The van der Waals surface area contributed by atoms with Crippen LogP contribution in [0, 0.1) is 0 Å². The molecule has 0 bridgehead atoms. The van der Waals surface area contributed by atoms with E-state index in [1.165, 1.54) is 0 Å². The second-order valence-electron chi connectivity index (χ2n) is 3.86. The number of ether oxygens (including phenoxy) is 2. The molecule has 84 valence electrons. The highest BCUT2D eigenvalue weighted by atomic mass is 79.9. The van der Waals surface area contributed by atoms with Crippen molar-refractivity contribution < 1.29 is 9.47 Å². The summed E-state index contributed by atoms with van der Waals surface area (Å²) < 4.78 is 11.7. The van der Waals surface area contributed by atoms with E-state index < -0.39 is 0 Å². The molecule has 0 fully saturated rings. The average Bonchev–Trinajstić information content (AvgIpc) is 2.21. The van der Waals surface area contributed by atoms with E-state index in [1.54, 1.807) is 7.11 Å². The standard InChI is InChI=1S/C11H16BrNO2/c1-11(2,7-13)15-10-5-4-8(14-3)6-9(10)12/h4-6H,7,13H2,1-3H3. The summed E-state index contributed by atoms with van der Waals surface area (Å²) in [5.41, 5.74) is 5.23. The number of halogens is 1. The minimum atomic E-state index is -0.364. The molecule has 3 nitrogen and oxygen atoms in total. The molecule has 1 rings (SSSR count). The van der Waals surface area contributed by atoms with Gasteiger partial charge in [-0.1, -0.05) is 0 Å². The average molecular weight is 274 g/mol. The van der Waals surface area contributed by atoms with Gasteiger partial charge in [0, 0.05) is 6.54 Å². The molecule has 0 spiro atoms. The Hall–Kier alpha value is -0.740. The van der Waals surface area contributed by atoms with E-state index in [0.29, 0.717) is 6.54 Å². The SMILES string of the molecule is COc1ccc(OC(C)(C)CN)c(Br)c1. The number of benzene rings is 1. The highest BCUT2D eigenvalue weighted by Crippen LogP contribution is 2.31. The lowest BCUT2D eigenvalue weighted by molar-refractivity contribution is 0.117. The van der Waals surface area contributed by atoms with Crippen molar-refractivity contribution in [1.29, 1.82) is 0 Å². The first-order valence-electron chi connectivity index (χ1n) is 4.71. The lowest BCUT2D eigenvalue weighted by atomic mass is 10.1. The van der Waals surface area contributed by atoms with Gasteiger partial charge in [0.15, 0.2) is 0 Å². The monoisotopic (exact) mass is 273 g/mol. The normalized spacial score (nSPS) is 11.3. The molecule has 2 N–H and O–H groups in total. The molecule has 0 amide bonds. The van der Waals surface area contributed by atoms with Crippen LogP contribution in [0.15, 0.2) is 22.7 Å². The number of methoxy groups -OCH3 is 1. The maximum Gasteiger partial charge on any atom is 0.134 e. The van der Waals surface area contributed by atoms with Gasteiger partial charge in [-0.2, -0.15) is 0 Å². The van der Waals surface area contributed by atoms with Gasteiger partial charge in [-0.15, -0.1) is 0 Å². The van der Waals surface area contributed by atoms with Crippen molar-refractivity contribution in [2.45, 2.75) is 19.4 Å². The van der Waals surface area contributed by atoms with Crippen molar-refractivity contribution >= 4 is 15.9 Å². The van der Waals surface area contributed by atoms with Gasteiger partial charge in [-0.3, -0.25) is 0 Å². The van der Waals surface area contributed by atoms with Gasteiger partial charge in [0.05, 0.1) is 11.6 Å². The molecule has 0 saturated heterocycles. The van der Waals surface area contributed by atoms with Crippen LogP contribution in [0.4, 0.5) is 0 Å². The highest BCUT2D eigenvalue weighted by molar-refractivity contribution is 9.10. The van der Waals surface area contributed by atoms with E-state index in [1.807, 2.05) is 32.0 Å². The Morgan fingerprint density at radius 1 is 1.40 bits per heavy atom. The summed E-state index contributed by atoms with van der Waals surface area (Å²) in [5, 5.41) is 0. The van der Waals surface area contributed by atoms with Gasteiger partial charge in [0.1, 0.15) is 17.1 Å². The van der Waals surface area contributed by atoms with Gasteiger partial charge in [-0.05, 0) is 48.0 Å². The quantitative estimate of drug-likeness (QED) is 0.917. The van der Waals surface area contributed by atoms with E-state index >= 15 is 0 Å². The molecule has 0 aliphatic heterocycles. The lowest BCUT2D eigenvalue weighted by Crippen LogP contribution is -2.37. The zero-order valence-corrected chi connectivity index (χ0v) is 10.8. The molecule has 0 radical (unpaired) electrons. The van der Waals surface area contributed by atoms with Crippen LogP contribution in [0.5, 0.6) is 11.5 Å². The van der Waals surface area contributed by atoms with Crippen molar-refractivity contribution in [3.8, 4) is 11.5 Å². The maximum atomic E-state index is 5.75. The Balaban J connectivity index is 2.87. The zero-order chi connectivity index (χ0) is 11.5. The van der Waals surface area contributed by atoms with E-state index in [9.17, 15) is 0 Å². The van der Waals surface area contributed by atoms with Crippen molar-refractivity contribution in [3.63, 3.8) is 0 Å². The molecule has 0 unspecified atom stereocenters. The van der Waals surface area contributed by atoms with Gasteiger partial charge < -0.3 is 15.2 Å². The Morgan fingerprint density at radius 2 is 2.07 bits per heavy atom. The van der Waals surface area contributed by atoms with E-state index in [2.05, 4.69) is 15.9 Å². The van der Waals surface area contributed by atoms with Crippen LogP contribution in [0.25, 0.3) is 0 Å². The van der Waals surface area contributed by atoms with E-state index in [0.717, 1.165) is 16.0 Å². The minimum absolute atomic E-state index is 0.364. The number of hydrogen-bond donors (Lipinski definition) is 1. The molecule has 0 aliphatic rings. The molecule has 1 aromatic carbocycles. The Morgan fingerprint density at radius 3 is 2.53 bits per heavy atom. The largest absolute Gasteiger partial charge is 0.497 e. The first-order chi connectivity index (χ1) is 6.98. The van der Waals surface area contributed by atoms with Crippen molar-refractivity contribution in [3.05, 3.63) is 22.7 Å². The van der Waals surface area contributed by atoms with Gasteiger partial charge >= 0.3 is 0 Å². The predicted molar refractivity (Wildman–Crippen MR) is 64.5 cm³/mol. The summed E-state index contributed by atoms with van der Waals surface area (Å²) in [5.74, 6) is 1.56. The molecule has 0 aromatic heterocycles. The summed E-state index contributed by atoms with van der Waals surface area (Å²) in [6.45, 7) is 4.36. The van der Waals surface area contributed by atoms with Gasteiger partial charge in [-0.25, -0.2) is 0 Å². The molecule has 0 aliphatic carbocycles. The second kappa shape index (κ2) is 4.86. The van der Waals surface area contributed by atoms with Crippen molar-refractivity contribution in [1.82, 2.24) is 0 Å². The van der Waals surface area contributed by atoms with E-state index in [4.69, 9.17) is 15.2 Å². The van der Waals surface area contributed by atoms with Gasteiger partial charge in [0.25, 0.3) is 0 Å². The molecular weight excluding hydrogens is 258 g/mol. The Kier molecular flexibility index (Phi) is 3.99. The number of rotatable bonds is 4. The summed E-state index contributed by atoms with van der Waals surface area (Å²) in [6, 6.07) is 5.58. The van der Waals surface area contributed by atoms with E-state index in [-0.39, 0.29) is 5.60 Å². The third-order valence-electron chi connectivity index (χ3n) is 2.02. The molecular formula is C11H16BrNO2. The number of nitrogens with two attached hydrogens (primary N) is 1. The molecule has 0 heterocycles. The molecule has 4 heteroatoms. The molecule has 0 atom stereocenters.